The SMILES string of the molecule is Cc1ccccc1CO[C@]1(C(=O)NCC2CC2)CC(OCc2cccc(OC(F)(F)F)c2)[C@@H]2OC(C)(C)O[C@@H]2C1. The Labute approximate surface area is 232 Å². The number of halogens is 3. The molecule has 0 spiro atoms. The lowest BCUT2D eigenvalue weighted by Crippen LogP contribution is -2.60. The van der Waals surface area contributed by atoms with Crippen LogP contribution in [0.25, 0.3) is 0 Å². The van der Waals surface area contributed by atoms with Gasteiger partial charge in [-0.2, -0.15) is 0 Å². The van der Waals surface area contributed by atoms with E-state index in [2.05, 4.69) is 10.1 Å². The molecule has 0 aromatic heterocycles. The van der Waals surface area contributed by atoms with E-state index in [9.17, 15) is 18.0 Å². The Bertz CT molecular complexity index is 1200. The summed E-state index contributed by atoms with van der Waals surface area (Å²) in [5.41, 5.74) is 1.28. The molecule has 4 atom stereocenters. The van der Waals surface area contributed by atoms with Crippen LogP contribution in [-0.4, -0.2) is 48.5 Å². The number of amides is 1. The van der Waals surface area contributed by atoms with Crippen LogP contribution in [0.15, 0.2) is 48.5 Å². The lowest BCUT2D eigenvalue weighted by Gasteiger charge is -2.43. The number of aryl methyl sites for hydroxylation is 1. The lowest BCUT2D eigenvalue weighted by atomic mass is 9.78. The Morgan fingerprint density at radius 3 is 2.55 bits per heavy atom. The number of carbonyl (C=O) groups excluding carboxylic acids is 1. The van der Waals surface area contributed by atoms with E-state index >= 15 is 0 Å². The lowest BCUT2D eigenvalue weighted by molar-refractivity contribution is -0.274. The van der Waals surface area contributed by atoms with Crippen molar-refractivity contribution >= 4 is 5.91 Å². The van der Waals surface area contributed by atoms with Crippen molar-refractivity contribution in [3.05, 3.63) is 65.2 Å². The van der Waals surface area contributed by atoms with Crippen LogP contribution in [0.1, 0.15) is 56.2 Å². The van der Waals surface area contributed by atoms with E-state index in [1.54, 1.807) is 6.07 Å². The van der Waals surface area contributed by atoms with Crippen LogP contribution in [0.4, 0.5) is 13.2 Å². The molecule has 1 amide bonds. The smallest absolute Gasteiger partial charge is 0.406 e. The molecule has 7 nitrogen and oxygen atoms in total. The average molecular weight is 564 g/mol. The van der Waals surface area contributed by atoms with Gasteiger partial charge in [0.15, 0.2) is 11.4 Å². The van der Waals surface area contributed by atoms with Crippen molar-refractivity contribution in [2.24, 2.45) is 5.92 Å². The number of carbonyl (C=O) groups is 1. The van der Waals surface area contributed by atoms with E-state index in [1.165, 1.54) is 18.2 Å². The molecule has 2 aromatic carbocycles. The zero-order chi connectivity index (χ0) is 28.5. The second-order valence-electron chi connectivity index (χ2n) is 11.5. The highest BCUT2D eigenvalue weighted by Gasteiger charge is 2.58. The molecule has 0 bridgehead atoms. The quantitative estimate of drug-likeness (QED) is 0.407. The molecule has 5 rings (SSSR count). The van der Waals surface area contributed by atoms with Crippen molar-refractivity contribution in [3.8, 4) is 5.75 Å². The third-order valence-electron chi connectivity index (χ3n) is 7.67. The monoisotopic (exact) mass is 563 g/mol. The normalized spacial score (nSPS) is 27.7. The first-order chi connectivity index (χ1) is 18.9. The van der Waals surface area contributed by atoms with E-state index in [0.29, 0.717) is 18.0 Å². The van der Waals surface area contributed by atoms with Gasteiger partial charge in [0.1, 0.15) is 11.9 Å². The van der Waals surface area contributed by atoms with Crippen molar-refractivity contribution in [1.29, 1.82) is 0 Å². The first-order valence-corrected chi connectivity index (χ1v) is 13.7. The van der Waals surface area contributed by atoms with Gasteiger partial charge in [0.05, 0.1) is 25.4 Å². The van der Waals surface area contributed by atoms with Gasteiger partial charge in [0, 0.05) is 19.4 Å². The summed E-state index contributed by atoms with van der Waals surface area (Å²) in [4.78, 5) is 13.8. The molecule has 1 unspecified atom stereocenters. The van der Waals surface area contributed by atoms with Crippen LogP contribution in [-0.2, 0) is 37.0 Å². The van der Waals surface area contributed by atoms with Gasteiger partial charge in [-0.1, -0.05) is 36.4 Å². The van der Waals surface area contributed by atoms with Crippen molar-refractivity contribution in [3.63, 3.8) is 0 Å². The molecular weight excluding hydrogens is 527 g/mol. The minimum absolute atomic E-state index is 0.00962. The molecule has 2 aliphatic carbocycles. The summed E-state index contributed by atoms with van der Waals surface area (Å²) in [6.07, 6.45) is -3.68. The van der Waals surface area contributed by atoms with Gasteiger partial charge >= 0.3 is 6.36 Å². The molecule has 1 heterocycles. The highest BCUT2D eigenvalue weighted by atomic mass is 19.4. The second-order valence-corrected chi connectivity index (χ2v) is 11.5. The number of alkyl halides is 3. The summed E-state index contributed by atoms with van der Waals surface area (Å²) in [6.45, 7) is 6.42. The summed E-state index contributed by atoms with van der Waals surface area (Å²) in [6, 6.07) is 13.5. The minimum atomic E-state index is -4.79. The second kappa shape index (κ2) is 11.3. The molecule has 40 heavy (non-hydrogen) atoms. The molecule has 1 saturated heterocycles. The number of fused-ring (bicyclic) bond motifs is 1. The summed E-state index contributed by atoms with van der Waals surface area (Å²) in [7, 11) is 0. The molecule has 2 saturated carbocycles. The van der Waals surface area contributed by atoms with E-state index in [0.717, 1.165) is 24.0 Å². The molecule has 1 N–H and O–H groups in total. The largest absolute Gasteiger partial charge is 0.573 e. The highest BCUT2D eigenvalue weighted by Crippen LogP contribution is 2.44. The van der Waals surface area contributed by atoms with Gasteiger partial charge in [-0.05, 0) is 68.4 Å². The van der Waals surface area contributed by atoms with Crippen LogP contribution < -0.4 is 10.1 Å². The Kier molecular flexibility index (Phi) is 8.16. The maximum atomic E-state index is 13.8. The maximum Gasteiger partial charge on any atom is 0.573 e. The topological polar surface area (TPSA) is 75.3 Å². The van der Waals surface area contributed by atoms with Crippen LogP contribution in [0.3, 0.4) is 0 Å². The van der Waals surface area contributed by atoms with Gasteiger partial charge in [-0.3, -0.25) is 4.79 Å². The van der Waals surface area contributed by atoms with E-state index in [4.69, 9.17) is 18.9 Å². The number of hydrogen-bond donors (Lipinski definition) is 1. The molecule has 10 heteroatoms. The summed E-state index contributed by atoms with van der Waals surface area (Å²) >= 11 is 0. The third-order valence-corrected chi connectivity index (χ3v) is 7.67. The predicted molar refractivity (Wildman–Crippen MR) is 139 cm³/mol. The van der Waals surface area contributed by atoms with Gasteiger partial charge in [0.25, 0.3) is 5.91 Å². The average Bonchev–Trinajstić information content (AvgIpc) is 3.65. The number of ether oxygens (including phenoxy) is 5. The van der Waals surface area contributed by atoms with E-state index in [1.807, 2.05) is 45.0 Å². The van der Waals surface area contributed by atoms with Gasteiger partial charge in [-0.15, -0.1) is 13.2 Å². The predicted octanol–water partition coefficient (Wildman–Crippen LogP) is 5.57. The van der Waals surface area contributed by atoms with Crippen LogP contribution >= 0.6 is 0 Å². The molecule has 2 aromatic rings. The van der Waals surface area contributed by atoms with Crippen molar-refractivity contribution < 1.29 is 41.7 Å². The van der Waals surface area contributed by atoms with E-state index < -0.39 is 36.1 Å². The molecule has 3 aliphatic rings. The fourth-order valence-electron chi connectivity index (χ4n) is 5.45. The first kappa shape index (κ1) is 28.9. The Morgan fingerprint density at radius 2 is 1.82 bits per heavy atom. The number of nitrogens with one attached hydrogen (secondary N) is 1. The highest BCUT2D eigenvalue weighted by molar-refractivity contribution is 5.85. The number of rotatable bonds is 10. The first-order valence-electron chi connectivity index (χ1n) is 13.7. The fourth-order valence-corrected chi connectivity index (χ4v) is 5.45. The fraction of sp³-hybridized carbons (Fsp3) is 0.567. The maximum absolute atomic E-state index is 13.8. The van der Waals surface area contributed by atoms with Crippen molar-refractivity contribution in [2.75, 3.05) is 6.54 Å². The molecular formula is C30H36F3NO6. The minimum Gasteiger partial charge on any atom is -0.406 e. The van der Waals surface area contributed by atoms with Gasteiger partial charge in [-0.25, -0.2) is 0 Å². The standard InChI is InChI=1S/C30H36F3NO6/c1-19-7-4-5-9-22(19)18-37-29(27(35)34-16-20-11-12-20)14-24(26-25(15-29)39-28(2,3)40-26)36-17-21-8-6-10-23(13-21)38-30(31,32)33/h4-10,13,20,24-26H,11-12,14-18H2,1-3H3,(H,34,35)/t24?,25-,26+,29-/m1/s1. The molecule has 3 fully saturated rings. The zero-order valence-electron chi connectivity index (χ0n) is 23.0. The summed E-state index contributed by atoms with van der Waals surface area (Å²) in [5, 5.41) is 3.09. The van der Waals surface area contributed by atoms with Crippen molar-refractivity contribution in [2.45, 2.75) is 95.7 Å². The van der Waals surface area contributed by atoms with Crippen LogP contribution in [0.5, 0.6) is 5.75 Å². The van der Waals surface area contributed by atoms with Crippen LogP contribution in [0.2, 0.25) is 0 Å². The van der Waals surface area contributed by atoms with Crippen LogP contribution in [0, 0.1) is 12.8 Å². The zero-order valence-corrected chi connectivity index (χ0v) is 23.0. The summed E-state index contributed by atoms with van der Waals surface area (Å²) in [5.74, 6) is -0.952. The number of benzene rings is 2. The molecule has 0 radical (unpaired) electrons. The van der Waals surface area contributed by atoms with E-state index in [-0.39, 0.29) is 37.7 Å². The Hall–Kier alpha value is -2.66. The molecule has 218 valence electrons. The summed E-state index contributed by atoms with van der Waals surface area (Å²) < 4.78 is 67.5. The third kappa shape index (κ3) is 7.15. The van der Waals surface area contributed by atoms with Gasteiger partial charge < -0.3 is 29.0 Å². The molecule has 1 aliphatic heterocycles. The van der Waals surface area contributed by atoms with Gasteiger partial charge in [0.2, 0.25) is 0 Å². The Balaban J connectivity index is 1.38. The number of hydrogen-bond acceptors (Lipinski definition) is 6. The van der Waals surface area contributed by atoms with Crippen molar-refractivity contribution in [1.82, 2.24) is 5.32 Å². The Morgan fingerprint density at radius 1 is 1.05 bits per heavy atom.